The summed E-state index contributed by atoms with van der Waals surface area (Å²) in [6, 6.07) is 0. The molecule has 2 heterocycles. The Bertz CT molecular complexity index is 345. The smallest absolute Gasteiger partial charge is 0.354 e. The Labute approximate surface area is 86.0 Å². The van der Waals surface area contributed by atoms with E-state index in [1.54, 1.807) is 13.8 Å². The van der Waals surface area contributed by atoms with Crippen molar-refractivity contribution in [1.29, 1.82) is 0 Å². The number of carbonyl (C=O) groups is 1. The number of cyclic esters (lactones) is 1. The van der Waals surface area contributed by atoms with Crippen LogP contribution in [0, 0.1) is 0 Å². The molecular weight excluding hydrogens is 204 g/mol. The van der Waals surface area contributed by atoms with E-state index in [0.29, 0.717) is 0 Å². The maximum Gasteiger partial charge on any atom is 0.354 e. The van der Waals surface area contributed by atoms with Gasteiger partial charge in [-0.3, -0.25) is 0 Å². The van der Waals surface area contributed by atoms with Gasteiger partial charge in [-0.2, -0.15) is 0 Å². The van der Waals surface area contributed by atoms with Crippen LogP contribution in [0.25, 0.3) is 0 Å². The van der Waals surface area contributed by atoms with E-state index in [9.17, 15) is 9.90 Å². The Morgan fingerprint density at radius 2 is 2.00 bits per heavy atom. The summed E-state index contributed by atoms with van der Waals surface area (Å²) in [6.07, 6.45) is 0. The Kier molecular flexibility index (Phi) is 2.04. The molecule has 0 saturated carbocycles. The quantitative estimate of drug-likeness (QED) is 0.591. The summed E-state index contributed by atoms with van der Waals surface area (Å²) in [5, 5.41) is 18.2. The Morgan fingerprint density at radius 3 is 2.53 bits per heavy atom. The van der Waals surface area contributed by atoms with E-state index in [4.69, 9.17) is 19.3 Å². The van der Waals surface area contributed by atoms with E-state index in [-0.39, 0.29) is 11.5 Å². The molecule has 0 amide bonds. The van der Waals surface area contributed by atoms with Crippen LogP contribution in [0.4, 0.5) is 0 Å². The van der Waals surface area contributed by atoms with Crippen molar-refractivity contribution in [2.24, 2.45) is 0 Å². The highest BCUT2D eigenvalue weighted by Gasteiger charge is 2.62. The second kappa shape index (κ2) is 2.94. The van der Waals surface area contributed by atoms with Gasteiger partial charge in [0.1, 0.15) is 6.61 Å². The molecule has 2 aliphatic heterocycles. The van der Waals surface area contributed by atoms with Crippen LogP contribution in [0.15, 0.2) is 11.5 Å². The van der Waals surface area contributed by atoms with E-state index in [1.165, 1.54) is 0 Å². The zero-order chi connectivity index (χ0) is 11.3. The molecule has 2 aliphatic rings. The molecule has 0 aromatic carbocycles. The maximum absolute atomic E-state index is 11.5. The average Bonchev–Trinajstić information content (AvgIpc) is 2.58. The lowest BCUT2D eigenvalue weighted by Gasteiger charge is -2.21. The van der Waals surface area contributed by atoms with Gasteiger partial charge in [0.15, 0.2) is 11.5 Å². The summed E-state index contributed by atoms with van der Waals surface area (Å²) in [4.78, 5) is 11.5. The molecule has 1 unspecified atom stereocenters. The standard InChI is InChI=1S/C9H12O6/c1-8(2)14-6-5(3-10)13-7(12)9(6,4-11)15-8/h10-11H,3-4H2,1-2H3. The first kappa shape index (κ1) is 10.4. The third-order valence-corrected chi connectivity index (χ3v) is 2.30. The van der Waals surface area contributed by atoms with Crippen LogP contribution in [-0.4, -0.2) is 40.8 Å². The first-order valence-electron chi connectivity index (χ1n) is 4.52. The molecule has 6 heteroatoms. The van der Waals surface area contributed by atoms with Crippen LogP contribution in [-0.2, 0) is 19.0 Å². The second-order valence-corrected chi connectivity index (χ2v) is 3.89. The van der Waals surface area contributed by atoms with E-state index < -0.39 is 30.6 Å². The first-order valence-corrected chi connectivity index (χ1v) is 4.52. The minimum atomic E-state index is -1.60. The van der Waals surface area contributed by atoms with Gasteiger partial charge in [0.05, 0.1) is 6.61 Å². The van der Waals surface area contributed by atoms with Gasteiger partial charge in [-0.15, -0.1) is 0 Å². The average molecular weight is 216 g/mol. The van der Waals surface area contributed by atoms with Gasteiger partial charge >= 0.3 is 5.97 Å². The highest BCUT2D eigenvalue weighted by atomic mass is 16.8. The van der Waals surface area contributed by atoms with E-state index in [1.807, 2.05) is 0 Å². The minimum absolute atomic E-state index is 0.000347. The molecule has 2 N–H and O–H groups in total. The lowest BCUT2D eigenvalue weighted by molar-refractivity contribution is -0.193. The third kappa shape index (κ3) is 1.26. The minimum Gasteiger partial charge on any atom is -0.460 e. The number of hydrogen-bond donors (Lipinski definition) is 2. The van der Waals surface area contributed by atoms with Gasteiger partial charge in [-0.05, 0) is 0 Å². The lowest BCUT2D eigenvalue weighted by Crippen LogP contribution is -2.43. The molecule has 1 atom stereocenters. The number of hydrogen-bond acceptors (Lipinski definition) is 6. The summed E-state index contributed by atoms with van der Waals surface area (Å²) in [7, 11) is 0. The van der Waals surface area contributed by atoms with Gasteiger partial charge < -0.3 is 24.4 Å². The number of aliphatic hydroxyl groups excluding tert-OH is 2. The van der Waals surface area contributed by atoms with Crippen molar-refractivity contribution in [3.63, 3.8) is 0 Å². The molecular formula is C9H12O6. The molecule has 1 saturated heterocycles. The summed E-state index contributed by atoms with van der Waals surface area (Å²) in [6.45, 7) is 2.17. The van der Waals surface area contributed by atoms with Crippen LogP contribution in [0.3, 0.4) is 0 Å². The Morgan fingerprint density at radius 1 is 1.33 bits per heavy atom. The van der Waals surface area contributed by atoms with Crippen molar-refractivity contribution in [2.75, 3.05) is 13.2 Å². The molecule has 0 spiro atoms. The number of fused-ring (bicyclic) bond motifs is 1. The van der Waals surface area contributed by atoms with Crippen LogP contribution >= 0.6 is 0 Å². The number of esters is 1. The van der Waals surface area contributed by atoms with E-state index >= 15 is 0 Å². The van der Waals surface area contributed by atoms with Crippen molar-refractivity contribution in [1.82, 2.24) is 0 Å². The zero-order valence-electron chi connectivity index (χ0n) is 8.44. The van der Waals surface area contributed by atoms with Gasteiger partial charge in [0, 0.05) is 13.8 Å². The summed E-state index contributed by atoms with van der Waals surface area (Å²) >= 11 is 0. The molecule has 15 heavy (non-hydrogen) atoms. The number of aliphatic hydroxyl groups is 2. The molecule has 0 aromatic rings. The SMILES string of the molecule is CC1(C)OC2=C(CO)OC(=O)C2(CO)O1. The van der Waals surface area contributed by atoms with Crippen LogP contribution in [0.2, 0.25) is 0 Å². The molecule has 0 radical (unpaired) electrons. The van der Waals surface area contributed by atoms with E-state index in [2.05, 4.69) is 0 Å². The Hall–Kier alpha value is -1.11. The maximum atomic E-state index is 11.5. The summed E-state index contributed by atoms with van der Waals surface area (Å²) < 4.78 is 15.4. The van der Waals surface area contributed by atoms with Gasteiger partial charge in [0.25, 0.3) is 5.60 Å². The highest BCUT2D eigenvalue weighted by molar-refractivity contribution is 5.88. The summed E-state index contributed by atoms with van der Waals surface area (Å²) in [5.74, 6) is -1.70. The largest absolute Gasteiger partial charge is 0.460 e. The van der Waals surface area contributed by atoms with Gasteiger partial charge in [0.2, 0.25) is 5.79 Å². The van der Waals surface area contributed by atoms with Crippen molar-refractivity contribution < 1.29 is 29.2 Å². The Balaban J connectivity index is 2.48. The molecule has 6 nitrogen and oxygen atoms in total. The fraction of sp³-hybridized carbons (Fsp3) is 0.667. The van der Waals surface area contributed by atoms with Crippen LogP contribution < -0.4 is 0 Å². The monoisotopic (exact) mass is 216 g/mol. The molecule has 0 bridgehead atoms. The molecule has 1 fully saturated rings. The summed E-state index contributed by atoms with van der Waals surface area (Å²) in [5.41, 5.74) is -1.60. The third-order valence-electron chi connectivity index (χ3n) is 2.30. The molecule has 0 aliphatic carbocycles. The van der Waals surface area contributed by atoms with Crippen LogP contribution in [0.5, 0.6) is 0 Å². The number of carbonyl (C=O) groups excluding carboxylic acids is 1. The molecule has 0 aromatic heterocycles. The van der Waals surface area contributed by atoms with Crippen molar-refractivity contribution in [3.05, 3.63) is 11.5 Å². The second-order valence-electron chi connectivity index (χ2n) is 3.89. The van der Waals surface area contributed by atoms with Crippen molar-refractivity contribution in [3.8, 4) is 0 Å². The van der Waals surface area contributed by atoms with Crippen LogP contribution in [0.1, 0.15) is 13.8 Å². The first-order chi connectivity index (χ1) is 6.95. The highest BCUT2D eigenvalue weighted by Crippen LogP contribution is 2.45. The number of ether oxygens (including phenoxy) is 3. The lowest BCUT2D eigenvalue weighted by atomic mass is 10.0. The number of rotatable bonds is 2. The fourth-order valence-electron chi connectivity index (χ4n) is 1.74. The fourth-order valence-corrected chi connectivity index (χ4v) is 1.74. The predicted octanol–water partition coefficient (Wildman–Crippen LogP) is -0.739. The topological polar surface area (TPSA) is 85.2 Å². The normalized spacial score (nSPS) is 32.7. The molecule has 84 valence electrons. The van der Waals surface area contributed by atoms with Crippen molar-refractivity contribution in [2.45, 2.75) is 25.2 Å². The molecule has 2 rings (SSSR count). The van der Waals surface area contributed by atoms with E-state index in [0.717, 1.165) is 0 Å². The zero-order valence-corrected chi connectivity index (χ0v) is 8.44. The van der Waals surface area contributed by atoms with Crippen molar-refractivity contribution >= 4 is 5.97 Å². The van der Waals surface area contributed by atoms with Gasteiger partial charge in [-0.25, -0.2) is 4.79 Å². The van der Waals surface area contributed by atoms with Gasteiger partial charge in [-0.1, -0.05) is 0 Å². The predicted molar refractivity (Wildman–Crippen MR) is 46.3 cm³/mol.